The normalized spacial score (nSPS) is 28.0. The molecule has 1 aromatic rings. The van der Waals surface area contributed by atoms with Crippen molar-refractivity contribution in [1.82, 2.24) is 15.2 Å². The Morgan fingerprint density at radius 2 is 2.46 bits per heavy atom. The fourth-order valence-corrected chi connectivity index (χ4v) is 1.57. The van der Waals surface area contributed by atoms with E-state index in [1.807, 2.05) is 0 Å². The van der Waals surface area contributed by atoms with Crippen LogP contribution in [0.15, 0.2) is 12.5 Å². The van der Waals surface area contributed by atoms with E-state index in [0.717, 1.165) is 25.3 Å². The lowest BCUT2D eigenvalue weighted by Gasteiger charge is -2.19. The van der Waals surface area contributed by atoms with Crippen LogP contribution in [0.4, 0.5) is 5.82 Å². The van der Waals surface area contributed by atoms with E-state index >= 15 is 0 Å². The first-order valence-electron chi connectivity index (χ1n) is 4.34. The first kappa shape index (κ1) is 8.37. The SMILES string of the molecule is CC1(N)CCN(c2cncnn2)C1. The predicted molar refractivity (Wildman–Crippen MR) is 49.2 cm³/mol. The van der Waals surface area contributed by atoms with Crippen LogP contribution in [0.3, 0.4) is 0 Å². The monoisotopic (exact) mass is 179 g/mol. The Kier molecular flexibility index (Phi) is 1.88. The molecule has 2 rings (SSSR count). The highest BCUT2D eigenvalue weighted by molar-refractivity contribution is 5.37. The lowest BCUT2D eigenvalue weighted by molar-refractivity contribution is 0.524. The second-order valence-electron chi connectivity index (χ2n) is 3.79. The molecule has 1 aliphatic heterocycles. The van der Waals surface area contributed by atoms with Gasteiger partial charge in [0.2, 0.25) is 0 Å². The van der Waals surface area contributed by atoms with Crippen LogP contribution in [0.5, 0.6) is 0 Å². The van der Waals surface area contributed by atoms with E-state index in [2.05, 4.69) is 27.0 Å². The van der Waals surface area contributed by atoms with Gasteiger partial charge in [-0.05, 0) is 13.3 Å². The van der Waals surface area contributed by atoms with Crippen LogP contribution in [0, 0.1) is 0 Å². The van der Waals surface area contributed by atoms with Gasteiger partial charge in [-0.1, -0.05) is 0 Å². The molecule has 5 heteroatoms. The van der Waals surface area contributed by atoms with Crippen LogP contribution in [0.25, 0.3) is 0 Å². The van der Waals surface area contributed by atoms with Crippen LogP contribution < -0.4 is 10.6 Å². The highest BCUT2D eigenvalue weighted by atomic mass is 15.3. The molecule has 1 atom stereocenters. The number of nitrogens with zero attached hydrogens (tertiary/aromatic N) is 4. The molecular weight excluding hydrogens is 166 g/mol. The van der Waals surface area contributed by atoms with E-state index in [4.69, 9.17) is 5.73 Å². The highest BCUT2D eigenvalue weighted by Gasteiger charge is 2.30. The smallest absolute Gasteiger partial charge is 0.169 e. The van der Waals surface area contributed by atoms with Crippen molar-refractivity contribution in [2.24, 2.45) is 5.73 Å². The zero-order chi connectivity index (χ0) is 9.31. The van der Waals surface area contributed by atoms with Gasteiger partial charge in [0.25, 0.3) is 0 Å². The Labute approximate surface area is 77.0 Å². The topological polar surface area (TPSA) is 67.9 Å². The third-order valence-electron chi connectivity index (χ3n) is 2.30. The van der Waals surface area contributed by atoms with Gasteiger partial charge in [0.05, 0.1) is 6.20 Å². The zero-order valence-electron chi connectivity index (χ0n) is 7.64. The molecule has 0 radical (unpaired) electrons. The third-order valence-corrected chi connectivity index (χ3v) is 2.30. The van der Waals surface area contributed by atoms with Crippen LogP contribution >= 0.6 is 0 Å². The first-order valence-corrected chi connectivity index (χ1v) is 4.34. The number of anilines is 1. The van der Waals surface area contributed by atoms with Gasteiger partial charge in [-0.3, -0.25) is 0 Å². The van der Waals surface area contributed by atoms with Gasteiger partial charge in [-0.2, -0.15) is 0 Å². The number of hydrogen-bond donors (Lipinski definition) is 1. The summed E-state index contributed by atoms with van der Waals surface area (Å²) in [6.07, 6.45) is 4.14. The summed E-state index contributed by atoms with van der Waals surface area (Å²) in [5.41, 5.74) is 5.90. The summed E-state index contributed by atoms with van der Waals surface area (Å²) in [6, 6.07) is 0. The molecule has 1 aliphatic rings. The fraction of sp³-hybridized carbons (Fsp3) is 0.625. The number of aromatic nitrogens is 3. The number of hydrogen-bond acceptors (Lipinski definition) is 5. The molecule has 2 N–H and O–H groups in total. The Hall–Kier alpha value is -1.23. The third kappa shape index (κ3) is 1.75. The maximum Gasteiger partial charge on any atom is 0.169 e. The molecule has 0 amide bonds. The van der Waals surface area contributed by atoms with E-state index in [-0.39, 0.29) is 5.54 Å². The lowest BCUT2D eigenvalue weighted by atomic mass is 10.0. The standard InChI is InChI=1S/C8H13N5/c1-8(9)2-3-13(5-8)7-4-10-6-11-12-7/h4,6H,2-3,5,9H2,1H3. The Morgan fingerprint density at radius 3 is 3.00 bits per heavy atom. The summed E-state index contributed by atoms with van der Waals surface area (Å²) >= 11 is 0. The summed E-state index contributed by atoms with van der Waals surface area (Å²) in [5.74, 6) is 0.816. The van der Waals surface area contributed by atoms with Crippen molar-refractivity contribution in [1.29, 1.82) is 0 Å². The van der Waals surface area contributed by atoms with Gasteiger partial charge in [0.1, 0.15) is 6.33 Å². The fourth-order valence-electron chi connectivity index (χ4n) is 1.57. The Bertz CT molecular complexity index is 284. The number of nitrogens with two attached hydrogens (primary N) is 1. The molecule has 5 nitrogen and oxygen atoms in total. The maximum absolute atomic E-state index is 6.00. The molecule has 13 heavy (non-hydrogen) atoms. The molecule has 0 spiro atoms. The Balaban J connectivity index is 2.13. The molecule has 0 saturated carbocycles. The quantitative estimate of drug-likeness (QED) is 0.646. The van der Waals surface area contributed by atoms with Crippen molar-refractivity contribution in [3.05, 3.63) is 12.5 Å². The molecule has 1 saturated heterocycles. The van der Waals surface area contributed by atoms with E-state index in [1.54, 1.807) is 6.20 Å². The van der Waals surface area contributed by atoms with E-state index in [1.165, 1.54) is 6.33 Å². The van der Waals surface area contributed by atoms with Crippen LogP contribution in [0.1, 0.15) is 13.3 Å². The van der Waals surface area contributed by atoms with Gasteiger partial charge in [-0.15, -0.1) is 10.2 Å². The van der Waals surface area contributed by atoms with Crippen LogP contribution in [-0.2, 0) is 0 Å². The Morgan fingerprint density at radius 1 is 1.62 bits per heavy atom. The van der Waals surface area contributed by atoms with E-state index in [9.17, 15) is 0 Å². The molecule has 1 fully saturated rings. The van der Waals surface area contributed by atoms with Crippen molar-refractivity contribution in [2.45, 2.75) is 18.9 Å². The largest absolute Gasteiger partial charge is 0.352 e. The summed E-state index contributed by atoms with van der Waals surface area (Å²) < 4.78 is 0. The van der Waals surface area contributed by atoms with Crippen LogP contribution in [-0.4, -0.2) is 33.8 Å². The maximum atomic E-state index is 6.00. The predicted octanol–water partition coefficient (Wildman–Crippen LogP) is -0.201. The van der Waals surface area contributed by atoms with Gasteiger partial charge < -0.3 is 10.6 Å². The summed E-state index contributed by atoms with van der Waals surface area (Å²) in [5, 5.41) is 7.72. The van der Waals surface area contributed by atoms with Crippen LogP contribution in [0.2, 0.25) is 0 Å². The molecule has 0 aliphatic carbocycles. The first-order chi connectivity index (χ1) is 6.17. The second-order valence-corrected chi connectivity index (χ2v) is 3.79. The van der Waals surface area contributed by atoms with Gasteiger partial charge in [0, 0.05) is 18.6 Å². The van der Waals surface area contributed by atoms with E-state index < -0.39 is 0 Å². The lowest BCUT2D eigenvalue weighted by Crippen LogP contribution is -2.39. The molecule has 2 heterocycles. The van der Waals surface area contributed by atoms with E-state index in [0.29, 0.717) is 0 Å². The minimum Gasteiger partial charge on any atom is -0.352 e. The molecule has 1 aromatic heterocycles. The highest BCUT2D eigenvalue weighted by Crippen LogP contribution is 2.21. The summed E-state index contributed by atoms with van der Waals surface area (Å²) in [7, 11) is 0. The molecule has 1 unspecified atom stereocenters. The average molecular weight is 179 g/mol. The summed E-state index contributed by atoms with van der Waals surface area (Å²) in [4.78, 5) is 6.03. The van der Waals surface area contributed by atoms with Crippen molar-refractivity contribution in [2.75, 3.05) is 18.0 Å². The minimum absolute atomic E-state index is 0.0997. The summed E-state index contributed by atoms with van der Waals surface area (Å²) in [6.45, 7) is 3.82. The van der Waals surface area contributed by atoms with Crippen molar-refractivity contribution in [3.63, 3.8) is 0 Å². The average Bonchev–Trinajstić information content (AvgIpc) is 2.48. The van der Waals surface area contributed by atoms with Gasteiger partial charge >= 0.3 is 0 Å². The molecule has 0 bridgehead atoms. The zero-order valence-corrected chi connectivity index (χ0v) is 7.64. The minimum atomic E-state index is -0.0997. The molecular formula is C8H13N5. The van der Waals surface area contributed by atoms with Gasteiger partial charge in [0.15, 0.2) is 5.82 Å². The van der Waals surface area contributed by atoms with Gasteiger partial charge in [-0.25, -0.2) is 4.98 Å². The number of rotatable bonds is 1. The van der Waals surface area contributed by atoms with Crippen molar-refractivity contribution in [3.8, 4) is 0 Å². The van der Waals surface area contributed by atoms with Crippen molar-refractivity contribution < 1.29 is 0 Å². The molecule has 0 aromatic carbocycles. The molecule has 70 valence electrons. The van der Waals surface area contributed by atoms with Crippen molar-refractivity contribution >= 4 is 5.82 Å². The second kappa shape index (κ2) is 2.92.